The van der Waals surface area contributed by atoms with Crippen LogP contribution in [0.15, 0.2) is 42.6 Å². The number of rotatable bonds is 4. The Morgan fingerprint density at radius 3 is 2.37 bits per heavy atom. The zero-order valence-electron chi connectivity index (χ0n) is 11.4. The van der Waals surface area contributed by atoms with Crippen molar-refractivity contribution in [2.24, 2.45) is 5.73 Å². The largest absolute Gasteiger partial charge is 0.388 e. The molecule has 0 saturated heterocycles. The van der Waals surface area contributed by atoms with Crippen molar-refractivity contribution in [2.75, 3.05) is 6.54 Å². The van der Waals surface area contributed by atoms with E-state index in [2.05, 4.69) is 11.1 Å². The lowest BCUT2D eigenvalue weighted by Crippen LogP contribution is -2.21. The van der Waals surface area contributed by atoms with Gasteiger partial charge in [-0.15, -0.1) is 0 Å². The molecule has 2 atom stereocenters. The summed E-state index contributed by atoms with van der Waals surface area (Å²) in [6.45, 7) is 4.42. The third-order valence-electron chi connectivity index (χ3n) is 3.29. The maximum absolute atomic E-state index is 10.6. The lowest BCUT2D eigenvalue weighted by atomic mass is 9.91. The van der Waals surface area contributed by atoms with Crippen molar-refractivity contribution in [1.82, 2.24) is 4.98 Å². The lowest BCUT2D eigenvalue weighted by Gasteiger charge is -2.22. The van der Waals surface area contributed by atoms with E-state index in [1.165, 1.54) is 0 Å². The number of aliphatic hydroxyl groups is 1. The normalized spacial score (nSPS) is 14.1. The number of aryl methyl sites for hydroxylation is 2. The molecule has 2 aromatic rings. The molecular formula is C16H20N2O. The monoisotopic (exact) mass is 256 g/mol. The van der Waals surface area contributed by atoms with Gasteiger partial charge in [-0.25, -0.2) is 0 Å². The fraction of sp³-hybridized carbons (Fsp3) is 0.312. The molecule has 3 N–H and O–H groups in total. The molecule has 0 bridgehead atoms. The van der Waals surface area contributed by atoms with Gasteiger partial charge in [0.1, 0.15) is 0 Å². The molecule has 1 heterocycles. The van der Waals surface area contributed by atoms with Crippen molar-refractivity contribution in [3.05, 3.63) is 65.0 Å². The molecular weight excluding hydrogens is 236 g/mol. The minimum atomic E-state index is -0.626. The van der Waals surface area contributed by atoms with Crippen LogP contribution in [0.5, 0.6) is 0 Å². The maximum Gasteiger partial charge on any atom is 0.0886 e. The van der Waals surface area contributed by atoms with Crippen molar-refractivity contribution in [1.29, 1.82) is 0 Å². The molecule has 0 aliphatic rings. The lowest BCUT2D eigenvalue weighted by molar-refractivity contribution is 0.145. The Hall–Kier alpha value is -1.71. The molecule has 0 spiro atoms. The van der Waals surface area contributed by atoms with E-state index in [4.69, 9.17) is 5.73 Å². The Morgan fingerprint density at radius 1 is 1.16 bits per heavy atom. The number of benzene rings is 1. The molecule has 0 fully saturated rings. The summed E-state index contributed by atoms with van der Waals surface area (Å²) in [5, 5.41) is 10.6. The average Bonchev–Trinajstić information content (AvgIpc) is 2.39. The van der Waals surface area contributed by atoms with Crippen molar-refractivity contribution in [3.63, 3.8) is 0 Å². The van der Waals surface area contributed by atoms with Crippen LogP contribution < -0.4 is 5.73 Å². The molecule has 1 aromatic heterocycles. The molecule has 0 amide bonds. The van der Waals surface area contributed by atoms with Gasteiger partial charge in [-0.1, -0.05) is 35.4 Å². The second kappa shape index (κ2) is 5.95. The van der Waals surface area contributed by atoms with Crippen molar-refractivity contribution in [2.45, 2.75) is 25.9 Å². The van der Waals surface area contributed by atoms with E-state index < -0.39 is 6.10 Å². The molecule has 0 radical (unpaired) electrons. The van der Waals surface area contributed by atoms with Crippen molar-refractivity contribution < 1.29 is 5.11 Å². The molecule has 3 nitrogen and oxygen atoms in total. The van der Waals surface area contributed by atoms with E-state index in [0.29, 0.717) is 6.54 Å². The SMILES string of the molecule is Cc1cc(C)cc(C(O)C(CN)c2ccccn2)c1. The van der Waals surface area contributed by atoms with Crippen LogP contribution in [-0.2, 0) is 0 Å². The maximum atomic E-state index is 10.6. The van der Waals surface area contributed by atoms with Gasteiger partial charge < -0.3 is 10.8 Å². The van der Waals surface area contributed by atoms with Crippen LogP contribution in [0.3, 0.4) is 0 Å². The second-order valence-corrected chi connectivity index (χ2v) is 4.96. The summed E-state index contributed by atoms with van der Waals surface area (Å²) in [7, 11) is 0. The minimum Gasteiger partial charge on any atom is -0.388 e. The van der Waals surface area contributed by atoms with Crippen LogP contribution in [0.2, 0.25) is 0 Å². The topological polar surface area (TPSA) is 59.1 Å². The first kappa shape index (κ1) is 13.7. The molecule has 3 heteroatoms. The van der Waals surface area contributed by atoms with Crippen LogP contribution in [-0.4, -0.2) is 16.6 Å². The van der Waals surface area contributed by atoms with E-state index in [1.54, 1.807) is 6.20 Å². The number of aliphatic hydroxyl groups excluding tert-OH is 1. The highest BCUT2D eigenvalue weighted by atomic mass is 16.3. The van der Waals surface area contributed by atoms with Gasteiger partial charge in [0.2, 0.25) is 0 Å². The van der Waals surface area contributed by atoms with Crippen LogP contribution in [0.1, 0.15) is 34.4 Å². The van der Waals surface area contributed by atoms with E-state index in [-0.39, 0.29) is 5.92 Å². The highest BCUT2D eigenvalue weighted by Crippen LogP contribution is 2.29. The van der Waals surface area contributed by atoms with Gasteiger partial charge in [-0.2, -0.15) is 0 Å². The Bertz CT molecular complexity index is 519. The third kappa shape index (κ3) is 3.19. The first-order valence-electron chi connectivity index (χ1n) is 6.49. The van der Waals surface area contributed by atoms with Gasteiger partial charge in [-0.05, 0) is 31.5 Å². The highest BCUT2D eigenvalue weighted by molar-refractivity contribution is 5.32. The van der Waals surface area contributed by atoms with Crippen LogP contribution in [0, 0.1) is 13.8 Å². The molecule has 0 aliphatic carbocycles. The average molecular weight is 256 g/mol. The number of pyridine rings is 1. The van der Waals surface area contributed by atoms with Crippen LogP contribution >= 0.6 is 0 Å². The zero-order chi connectivity index (χ0) is 13.8. The number of nitrogens with zero attached hydrogens (tertiary/aromatic N) is 1. The van der Waals surface area contributed by atoms with Crippen LogP contribution in [0.4, 0.5) is 0 Å². The smallest absolute Gasteiger partial charge is 0.0886 e. The summed E-state index contributed by atoms with van der Waals surface area (Å²) in [4.78, 5) is 4.30. The Kier molecular flexibility index (Phi) is 4.30. The molecule has 0 aliphatic heterocycles. The van der Waals surface area contributed by atoms with E-state index in [0.717, 1.165) is 22.4 Å². The van der Waals surface area contributed by atoms with Crippen molar-refractivity contribution >= 4 is 0 Å². The van der Waals surface area contributed by atoms with Gasteiger partial charge in [0, 0.05) is 24.4 Å². The van der Waals surface area contributed by atoms with E-state index in [9.17, 15) is 5.11 Å². The predicted octanol–water partition coefficient (Wildman–Crippen LogP) is 2.47. The first-order chi connectivity index (χ1) is 9.11. The second-order valence-electron chi connectivity index (χ2n) is 4.96. The molecule has 0 saturated carbocycles. The third-order valence-corrected chi connectivity index (χ3v) is 3.29. The zero-order valence-corrected chi connectivity index (χ0v) is 11.4. The Morgan fingerprint density at radius 2 is 1.84 bits per heavy atom. The summed E-state index contributed by atoms with van der Waals surface area (Å²) < 4.78 is 0. The standard InChI is InChI=1S/C16H20N2O/c1-11-7-12(2)9-13(8-11)16(19)14(10-17)15-5-3-4-6-18-15/h3-9,14,16,19H,10,17H2,1-2H3. The quantitative estimate of drug-likeness (QED) is 0.883. The van der Waals surface area contributed by atoms with Gasteiger partial charge in [0.25, 0.3) is 0 Å². The minimum absolute atomic E-state index is 0.178. The Balaban J connectivity index is 2.33. The van der Waals surface area contributed by atoms with Crippen LogP contribution in [0.25, 0.3) is 0 Å². The van der Waals surface area contributed by atoms with Crippen molar-refractivity contribution in [3.8, 4) is 0 Å². The molecule has 2 rings (SSSR count). The number of aromatic nitrogens is 1. The first-order valence-corrected chi connectivity index (χ1v) is 6.49. The molecule has 19 heavy (non-hydrogen) atoms. The number of nitrogens with two attached hydrogens (primary N) is 1. The van der Waals surface area contributed by atoms with Gasteiger partial charge in [0.15, 0.2) is 0 Å². The Labute approximate surface area is 114 Å². The fourth-order valence-corrected chi connectivity index (χ4v) is 2.42. The fourth-order valence-electron chi connectivity index (χ4n) is 2.42. The molecule has 100 valence electrons. The summed E-state index contributed by atoms with van der Waals surface area (Å²) in [5.74, 6) is -0.178. The summed E-state index contributed by atoms with van der Waals surface area (Å²) in [5.41, 5.74) is 9.84. The highest BCUT2D eigenvalue weighted by Gasteiger charge is 2.22. The summed E-state index contributed by atoms with van der Waals surface area (Å²) >= 11 is 0. The number of hydrogen-bond acceptors (Lipinski definition) is 3. The summed E-state index contributed by atoms with van der Waals surface area (Å²) in [6.07, 6.45) is 1.10. The van der Waals surface area contributed by atoms with E-state index >= 15 is 0 Å². The predicted molar refractivity (Wildman–Crippen MR) is 76.9 cm³/mol. The summed E-state index contributed by atoms with van der Waals surface area (Å²) in [6, 6.07) is 11.8. The van der Waals surface area contributed by atoms with Gasteiger partial charge in [0.05, 0.1) is 6.10 Å². The van der Waals surface area contributed by atoms with E-state index in [1.807, 2.05) is 44.2 Å². The van der Waals surface area contributed by atoms with Gasteiger partial charge in [-0.3, -0.25) is 4.98 Å². The van der Waals surface area contributed by atoms with Gasteiger partial charge >= 0.3 is 0 Å². The number of hydrogen-bond donors (Lipinski definition) is 2. The molecule has 2 unspecified atom stereocenters. The molecule has 1 aromatic carbocycles.